The maximum Gasteiger partial charge on any atom is 0.213 e. The summed E-state index contributed by atoms with van der Waals surface area (Å²) in [6.45, 7) is 4.57. The van der Waals surface area contributed by atoms with Gasteiger partial charge in [-0.3, -0.25) is 4.40 Å². The molecule has 24 heavy (non-hydrogen) atoms. The van der Waals surface area contributed by atoms with Gasteiger partial charge in [0.15, 0.2) is 5.82 Å². The molecule has 1 saturated heterocycles. The first kappa shape index (κ1) is 14.9. The number of ether oxygens (including phenoxy) is 1. The molecule has 7 heteroatoms. The molecule has 0 amide bonds. The summed E-state index contributed by atoms with van der Waals surface area (Å²) in [7, 11) is 0. The van der Waals surface area contributed by atoms with E-state index < -0.39 is 0 Å². The number of hydrogen-bond acceptors (Lipinski definition) is 6. The highest BCUT2D eigenvalue weighted by atomic mass is 16.5. The third-order valence-electron chi connectivity index (χ3n) is 4.50. The Labute approximate surface area is 140 Å². The average Bonchev–Trinajstić information content (AvgIpc) is 3.03. The predicted molar refractivity (Wildman–Crippen MR) is 90.2 cm³/mol. The van der Waals surface area contributed by atoms with E-state index in [1.54, 1.807) is 6.20 Å². The van der Waals surface area contributed by atoms with Crippen molar-refractivity contribution in [3.63, 3.8) is 0 Å². The summed E-state index contributed by atoms with van der Waals surface area (Å²) in [4.78, 5) is 11.0. The number of fused-ring (bicyclic) bond motifs is 1. The molecular formula is C17H20N6O. The Morgan fingerprint density at radius 1 is 1.12 bits per heavy atom. The first-order valence-electron chi connectivity index (χ1n) is 8.26. The third kappa shape index (κ3) is 2.89. The van der Waals surface area contributed by atoms with Gasteiger partial charge in [-0.15, -0.1) is 10.2 Å². The van der Waals surface area contributed by atoms with Crippen molar-refractivity contribution in [3.05, 3.63) is 42.6 Å². The SMILES string of the molecule is Cc1nnc2c(N3CCC(COc4ccccn4)CC3)nccn12. The lowest BCUT2D eigenvalue weighted by Gasteiger charge is -2.32. The molecule has 0 radical (unpaired) electrons. The molecule has 0 spiro atoms. The lowest BCUT2D eigenvalue weighted by atomic mass is 9.98. The lowest BCUT2D eigenvalue weighted by Crippen LogP contribution is -2.36. The number of piperidine rings is 1. The van der Waals surface area contributed by atoms with Gasteiger partial charge in [0, 0.05) is 37.7 Å². The van der Waals surface area contributed by atoms with Crippen LogP contribution in [0.4, 0.5) is 5.82 Å². The number of rotatable bonds is 4. The van der Waals surface area contributed by atoms with E-state index in [1.165, 1.54) is 0 Å². The molecule has 1 aliphatic heterocycles. The van der Waals surface area contributed by atoms with Crippen LogP contribution in [0.5, 0.6) is 5.88 Å². The van der Waals surface area contributed by atoms with E-state index in [0.717, 1.165) is 43.2 Å². The molecule has 1 fully saturated rings. The summed E-state index contributed by atoms with van der Waals surface area (Å²) in [5.41, 5.74) is 0.832. The highest BCUT2D eigenvalue weighted by Gasteiger charge is 2.23. The normalized spacial score (nSPS) is 15.8. The van der Waals surface area contributed by atoms with Crippen molar-refractivity contribution in [3.8, 4) is 5.88 Å². The maximum atomic E-state index is 5.79. The minimum Gasteiger partial charge on any atom is -0.477 e. The first-order chi connectivity index (χ1) is 11.8. The Morgan fingerprint density at radius 2 is 2.00 bits per heavy atom. The Kier molecular flexibility index (Phi) is 3.98. The zero-order valence-electron chi connectivity index (χ0n) is 13.7. The summed E-state index contributed by atoms with van der Waals surface area (Å²) >= 11 is 0. The minimum absolute atomic E-state index is 0.544. The second-order valence-electron chi connectivity index (χ2n) is 6.10. The number of nitrogens with zero attached hydrogens (tertiary/aromatic N) is 6. The number of hydrogen-bond donors (Lipinski definition) is 0. The van der Waals surface area contributed by atoms with Gasteiger partial charge >= 0.3 is 0 Å². The van der Waals surface area contributed by atoms with Crippen LogP contribution in [0.25, 0.3) is 5.65 Å². The van der Waals surface area contributed by atoms with Gasteiger partial charge in [0.05, 0.1) is 6.61 Å². The molecule has 3 aromatic heterocycles. The molecule has 124 valence electrons. The maximum absolute atomic E-state index is 5.79. The number of aryl methyl sites for hydroxylation is 1. The van der Waals surface area contributed by atoms with Gasteiger partial charge in [-0.1, -0.05) is 6.07 Å². The fourth-order valence-corrected chi connectivity index (χ4v) is 3.10. The molecule has 3 aromatic rings. The second kappa shape index (κ2) is 6.43. The topological polar surface area (TPSA) is 68.4 Å². The van der Waals surface area contributed by atoms with Crippen LogP contribution < -0.4 is 9.64 Å². The minimum atomic E-state index is 0.544. The first-order valence-corrected chi connectivity index (χ1v) is 8.26. The number of pyridine rings is 1. The number of anilines is 1. The van der Waals surface area contributed by atoms with Crippen molar-refractivity contribution in [2.24, 2.45) is 5.92 Å². The molecule has 0 aromatic carbocycles. The molecule has 0 unspecified atom stereocenters. The van der Waals surface area contributed by atoms with Crippen molar-refractivity contribution in [1.29, 1.82) is 0 Å². The predicted octanol–water partition coefficient (Wildman–Crippen LogP) is 2.12. The summed E-state index contributed by atoms with van der Waals surface area (Å²) in [5, 5.41) is 8.41. The average molecular weight is 324 g/mol. The Hall–Kier alpha value is -2.70. The van der Waals surface area contributed by atoms with Crippen molar-refractivity contribution in [2.75, 3.05) is 24.6 Å². The Balaban J connectivity index is 1.39. The fourth-order valence-electron chi connectivity index (χ4n) is 3.10. The van der Waals surface area contributed by atoms with Gasteiger partial charge in [-0.2, -0.15) is 0 Å². The van der Waals surface area contributed by atoms with Crippen molar-refractivity contribution < 1.29 is 4.74 Å². The van der Waals surface area contributed by atoms with Gasteiger partial charge in [0.25, 0.3) is 0 Å². The zero-order chi connectivity index (χ0) is 16.4. The Morgan fingerprint density at radius 3 is 2.79 bits per heavy atom. The monoisotopic (exact) mass is 324 g/mol. The number of aromatic nitrogens is 5. The highest BCUT2D eigenvalue weighted by molar-refractivity contribution is 5.63. The lowest BCUT2D eigenvalue weighted by molar-refractivity contribution is 0.216. The van der Waals surface area contributed by atoms with Crippen LogP contribution in [0.15, 0.2) is 36.8 Å². The van der Waals surface area contributed by atoms with E-state index in [2.05, 4.69) is 25.1 Å². The third-order valence-corrected chi connectivity index (χ3v) is 4.50. The van der Waals surface area contributed by atoms with Crippen LogP contribution >= 0.6 is 0 Å². The van der Waals surface area contributed by atoms with Gasteiger partial charge in [0.2, 0.25) is 11.5 Å². The molecule has 1 aliphatic rings. The van der Waals surface area contributed by atoms with Crippen LogP contribution in [0.2, 0.25) is 0 Å². The molecule has 4 heterocycles. The molecule has 0 atom stereocenters. The van der Waals surface area contributed by atoms with Gasteiger partial charge in [0.1, 0.15) is 5.82 Å². The quantitative estimate of drug-likeness (QED) is 0.732. The van der Waals surface area contributed by atoms with E-state index in [0.29, 0.717) is 18.4 Å². The van der Waals surface area contributed by atoms with Gasteiger partial charge in [-0.25, -0.2) is 9.97 Å². The van der Waals surface area contributed by atoms with E-state index >= 15 is 0 Å². The van der Waals surface area contributed by atoms with Crippen molar-refractivity contribution in [1.82, 2.24) is 24.6 Å². The summed E-state index contributed by atoms with van der Waals surface area (Å²) < 4.78 is 7.77. The molecule has 0 bridgehead atoms. The fraction of sp³-hybridized carbons (Fsp3) is 0.412. The molecule has 0 N–H and O–H groups in total. The van der Waals surface area contributed by atoms with Crippen LogP contribution in [-0.4, -0.2) is 44.3 Å². The van der Waals surface area contributed by atoms with Crippen molar-refractivity contribution >= 4 is 11.5 Å². The van der Waals surface area contributed by atoms with Gasteiger partial charge in [-0.05, 0) is 31.7 Å². The summed E-state index contributed by atoms with van der Waals surface area (Å²) in [5.74, 6) is 3.04. The molecule has 0 aliphatic carbocycles. The molecule has 7 nitrogen and oxygen atoms in total. The van der Waals surface area contributed by atoms with E-state index in [1.807, 2.05) is 41.9 Å². The zero-order valence-corrected chi connectivity index (χ0v) is 13.7. The van der Waals surface area contributed by atoms with Crippen LogP contribution in [-0.2, 0) is 0 Å². The van der Waals surface area contributed by atoms with Crippen LogP contribution in [0.1, 0.15) is 18.7 Å². The second-order valence-corrected chi connectivity index (χ2v) is 6.10. The molecular weight excluding hydrogens is 304 g/mol. The Bertz CT molecular complexity index is 810. The molecule has 4 rings (SSSR count). The largest absolute Gasteiger partial charge is 0.477 e. The smallest absolute Gasteiger partial charge is 0.213 e. The molecule has 0 saturated carbocycles. The standard InChI is InChI=1S/C17H20N6O/c1-13-20-21-17-16(19-8-11-23(13)17)22-9-5-14(6-10-22)12-24-15-4-2-3-7-18-15/h2-4,7-8,11,14H,5-6,9-10,12H2,1H3. The van der Waals surface area contributed by atoms with E-state index in [-0.39, 0.29) is 0 Å². The summed E-state index contributed by atoms with van der Waals surface area (Å²) in [6, 6.07) is 5.73. The van der Waals surface area contributed by atoms with Crippen LogP contribution in [0, 0.1) is 12.8 Å². The van der Waals surface area contributed by atoms with Crippen LogP contribution in [0.3, 0.4) is 0 Å². The van der Waals surface area contributed by atoms with E-state index in [4.69, 9.17) is 4.74 Å². The summed E-state index contributed by atoms with van der Waals surface area (Å²) in [6.07, 6.45) is 7.62. The van der Waals surface area contributed by atoms with E-state index in [9.17, 15) is 0 Å². The van der Waals surface area contributed by atoms with Gasteiger partial charge < -0.3 is 9.64 Å². The highest BCUT2D eigenvalue weighted by Crippen LogP contribution is 2.25. The van der Waals surface area contributed by atoms with Crippen molar-refractivity contribution in [2.45, 2.75) is 19.8 Å².